The summed E-state index contributed by atoms with van der Waals surface area (Å²) in [5.41, 5.74) is 0.473. The van der Waals surface area contributed by atoms with Crippen molar-refractivity contribution in [2.24, 2.45) is 5.92 Å². The van der Waals surface area contributed by atoms with Crippen molar-refractivity contribution in [3.05, 3.63) is 28.8 Å². The van der Waals surface area contributed by atoms with Gasteiger partial charge in [-0.2, -0.15) is 4.98 Å². The molecule has 2 heterocycles. The van der Waals surface area contributed by atoms with Gasteiger partial charge in [-0.05, 0) is 18.9 Å². The van der Waals surface area contributed by atoms with Crippen LogP contribution in [-0.2, 0) is 4.79 Å². The number of aromatic nitrogens is 4. The van der Waals surface area contributed by atoms with Crippen molar-refractivity contribution < 1.29 is 20.1 Å². The second-order valence-corrected chi connectivity index (χ2v) is 6.13. The summed E-state index contributed by atoms with van der Waals surface area (Å²) in [6.07, 6.45) is 1.00. The van der Waals surface area contributed by atoms with Gasteiger partial charge >= 0.3 is 5.97 Å². The molecule has 5 N–H and O–H groups in total. The highest BCUT2D eigenvalue weighted by atomic mass is 16.4. The summed E-state index contributed by atoms with van der Waals surface area (Å²) in [5.74, 6) is -1.53. The van der Waals surface area contributed by atoms with Crippen molar-refractivity contribution in [1.29, 1.82) is 0 Å². The summed E-state index contributed by atoms with van der Waals surface area (Å²) >= 11 is 0. The van der Waals surface area contributed by atoms with E-state index in [1.807, 2.05) is 0 Å². The third-order valence-corrected chi connectivity index (χ3v) is 4.52. The molecule has 0 saturated heterocycles. The Morgan fingerprint density at radius 2 is 2.32 bits per heavy atom. The Balaban J connectivity index is 2.03. The molecule has 1 aliphatic carbocycles. The largest absolute Gasteiger partial charge is 0.480 e. The lowest BCUT2D eigenvalue weighted by Crippen LogP contribution is -2.28. The van der Waals surface area contributed by atoms with E-state index in [1.54, 1.807) is 4.57 Å². The number of carboxylic acids is 1. The fraction of sp³-hybridized carbons (Fsp3) is 0.467. The molecule has 1 aliphatic rings. The summed E-state index contributed by atoms with van der Waals surface area (Å²) < 4.78 is 1.61. The van der Waals surface area contributed by atoms with Gasteiger partial charge in [-0.25, -0.2) is 4.98 Å². The molecule has 0 aromatic carbocycles. The number of hydrogen-bond acceptors (Lipinski definition) is 7. The number of aliphatic hydroxyl groups excluding tert-OH is 2. The number of H-pyrrole nitrogens is 1. The molecule has 25 heavy (non-hydrogen) atoms. The predicted octanol–water partition coefficient (Wildman–Crippen LogP) is -0.525. The molecule has 1 fully saturated rings. The number of hydrogen-bond donors (Lipinski definition) is 5. The lowest BCUT2D eigenvalue weighted by Gasteiger charge is -2.16. The molecule has 10 nitrogen and oxygen atoms in total. The molecular weight excluding hydrogens is 330 g/mol. The van der Waals surface area contributed by atoms with Crippen molar-refractivity contribution in [2.45, 2.75) is 31.5 Å². The summed E-state index contributed by atoms with van der Waals surface area (Å²) in [5, 5.41) is 31.0. The first-order chi connectivity index (χ1) is 11.8. The molecule has 0 radical (unpaired) electrons. The van der Waals surface area contributed by atoms with Crippen LogP contribution in [0, 0.1) is 5.92 Å². The average Bonchev–Trinajstić information content (AvgIpc) is 3.08. The highest BCUT2D eigenvalue weighted by molar-refractivity contribution is 5.77. The Bertz CT molecular complexity index is 888. The topological polar surface area (TPSA) is 153 Å². The smallest absolute Gasteiger partial charge is 0.325 e. The van der Waals surface area contributed by atoms with E-state index in [-0.39, 0.29) is 29.8 Å². The Labute approximate surface area is 141 Å². The summed E-state index contributed by atoms with van der Waals surface area (Å²) in [7, 11) is 0. The van der Waals surface area contributed by atoms with Crippen LogP contribution < -0.4 is 10.9 Å². The minimum absolute atomic E-state index is 0.0111. The van der Waals surface area contributed by atoms with Crippen molar-refractivity contribution in [3.8, 4) is 0 Å². The Morgan fingerprint density at radius 1 is 1.60 bits per heavy atom. The van der Waals surface area contributed by atoms with Gasteiger partial charge in [0.2, 0.25) is 5.95 Å². The quantitative estimate of drug-likeness (QED) is 0.452. The van der Waals surface area contributed by atoms with E-state index in [0.717, 1.165) is 0 Å². The van der Waals surface area contributed by atoms with E-state index in [0.29, 0.717) is 12.0 Å². The summed E-state index contributed by atoms with van der Waals surface area (Å²) in [6.45, 7) is 5.14. The van der Waals surface area contributed by atoms with Gasteiger partial charge in [0, 0.05) is 5.92 Å². The molecule has 0 aliphatic heterocycles. The average molecular weight is 349 g/mol. The van der Waals surface area contributed by atoms with Crippen LogP contribution in [0.1, 0.15) is 19.4 Å². The maximum absolute atomic E-state index is 12.2. The van der Waals surface area contributed by atoms with E-state index in [2.05, 4.69) is 26.8 Å². The molecule has 2 aromatic rings. The standard InChI is InChI=1S/C15H19N5O5/c1-6-8(4-21)10(22)3-9(6)20-5-16-11-12(20)18-15(19-13(11)23)17-7(2)14(24)25/h5,7-10,21-22H,1,3-4H2,2H3,(H,24,25)(H2,17,18,19,23)/t7-,8-,9-,10-/m0/s1. The number of rotatable bonds is 5. The van der Waals surface area contributed by atoms with Gasteiger partial charge in [0.25, 0.3) is 5.56 Å². The molecule has 0 bridgehead atoms. The number of imidazole rings is 1. The predicted molar refractivity (Wildman–Crippen MR) is 88.2 cm³/mol. The Hall–Kier alpha value is -2.72. The van der Waals surface area contributed by atoms with Gasteiger partial charge in [-0.3, -0.25) is 14.6 Å². The number of anilines is 1. The fourth-order valence-corrected chi connectivity index (χ4v) is 3.06. The lowest BCUT2D eigenvalue weighted by atomic mass is 10.0. The van der Waals surface area contributed by atoms with Crippen molar-refractivity contribution in [2.75, 3.05) is 11.9 Å². The van der Waals surface area contributed by atoms with E-state index in [1.165, 1.54) is 13.3 Å². The van der Waals surface area contributed by atoms with Crippen molar-refractivity contribution in [3.63, 3.8) is 0 Å². The van der Waals surface area contributed by atoms with Gasteiger partial charge in [-0.15, -0.1) is 0 Å². The molecule has 0 spiro atoms. The van der Waals surface area contributed by atoms with E-state index < -0.39 is 29.6 Å². The Morgan fingerprint density at radius 3 is 2.92 bits per heavy atom. The molecule has 10 heteroatoms. The minimum atomic E-state index is -1.09. The van der Waals surface area contributed by atoms with Gasteiger partial charge < -0.3 is 25.2 Å². The molecule has 4 atom stereocenters. The van der Waals surface area contributed by atoms with Crippen LogP contribution in [0.2, 0.25) is 0 Å². The lowest BCUT2D eigenvalue weighted by molar-refractivity contribution is -0.137. The molecule has 0 unspecified atom stereocenters. The van der Waals surface area contributed by atoms with Crippen molar-refractivity contribution in [1.82, 2.24) is 19.5 Å². The number of aliphatic carboxylic acids is 1. The number of nitrogens with zero attached hydrogens (tertiary/aromatic N) is 3. The van der Waals surface area contributed by atoms with Gasteiger partial charge in [0.05, 0.1) is 25.1 Å². The number of aromatic amines is 1. The number of aliphatic hydroxyl groups is 2. The first-order valence-electron chi connectivity index (χ1n) is 7.77. The third kappa shape index (κ3) is 2.89. The number of carbonyl (C=O) groups is 1. The molecule has 3 rings (SSSR count). The summed E-state index contributed by atoms with van der Waals surface area (Å²) in [6, 6.07) is -1.31. The molecule has 0 amide bonds. The highest BCUT2D eigenvalue weighted by Gasteiger charge is 2.38. The second-order valence-electron chi connectivity index (χ2n) is 6.13. The highest BCUT2D eigenvalue weighted by Crippen LogP contribution is 2.39. The van der Waals surface area contributed by atoms with E-state index in [9.17, 15) is 19.8 Å². The van der Waals surface area contributed by atoms with Crippen LogP contribution in [0.5, 0.6) is 0 Å². The minimum Gasteiger partial charge on any atom is -0.480 e. The monoisotopic (exact) mass is 349 g/mol. The van der Waals surface area contributed by atoms with Crippen LogP contribution in [0.3, 0.4) is 0 Å². The van der Waals surface area contributed by atoms with Crippen molar-refractivity contribution >= 4 is 23.1 Å². The van der Waals surface area contributed by atoms with Gasteiger partial charge in [0.15, 0.2) is 11.2 Å². The number of carboxylic acid groups (broad SMARTS) is 1. The van der Waals surface area contributed by atoms with Crippen LogP contribution in [0.4, 0.5) is 5.95 Å². The number of fused-ring (bicyclic) bond motifs is 1. The van der Waals surface area contributed by atoms with Crippen LogP contribution in [0.15, 0.2) is 23.3 Å². The van der Waals surface area contributed by atoms with Crippen LogP contribution in [-0.4, -0.2) is 59.6 Å². The van der Waals surface area contributed by atoms with E-state index in [4.69, 9.17) is 5.11 Å². The zero-order valence-corrected chi connectivity index (χ0v) is 13.5. The van der Waals surface area contributed by atoms with Gasteiger partial charge in [0.1, 0.15) is 6.04 Å². The normalized spacial score (nSPS) is 24.6. The SMILES string of the molecule is C=C1[C@H](CO)[C@@H](O)C[C@@H]1n1cnc2c(=O)[nH]c(N[C@@H](C)C(=O)O)nc21. The Kier molecular flexibility index (Phi) is 4.31. The van der Waals surface area contributed by atoms with E-state index >= 15 is 0 Å². The zero-order chi connectivity index (χ0) is 18.3. The molecule has 2 aromatic heterocycles. The third-order valence-electron chi connectivity index (χ3n) is 4.52. The fourth-order valence-electron chi connectivity index (χ4n) is 3.06. The van der Waals surface area contributed by atoms with Gasteiger partial charge in [-0.1, -0.05) is 6.58 Å². The van der Waals surface area contributed by atoms with Crippen LogP contribution in [0.25, 0.3) is 11.2 Å². The van der Waals surface area contributed by atoms with Crippen LogP contribution >= 0.6 is 0 Å². The number of nitrogens with one attached hydrogen (secondary N) is 2. The first kappa shape index (κ1) is 17.1. The second kappa shape index (κ2) is 6.30. The zero-order valence-electron chi connectivity index (χ0n) is 13.5. The first-order valence-corrected chi connectivity index (χ1v) is 7.77. The maximum atomic E-state index is 12.2. The maximum Gasteiger partial charge on any atom is 0.325 e. The molecular formula is C15H19N5O5. The molecule has 134 valence electrons. The summed E-state index contributed by atoms with van der Waals surface area (Å²) in [4.78, 5) is 33.9. The molecule has 1 saturated carbocycles.